The molecule has 4 rings (SSSR count). The quantitative estimate of drug-likeness (QED) is 0.754. The number of nitrogens with zero attached hydrogens (tertiary/aromatic N) is 3. The largest absolute Gasteiger partial charge is 0.350 e. The summed E-state index contributed by atoms with van der Waals surface area (Å²) in [6.45, 7) is 5.94. The van der Waals surface area contributed by atoms with Crippen LogP contribution in [0.15, 0.2) is 54.6 Å². The van der Waals surface area contributed by atoms with Crippen molar-refractivity contribution < 1.29 is 4.79 Å². The molecule has 1 aromatic heterocycles. The standard InChI is InChI=1S/C23H24N4O/c1-16-7-3-4-9-19(16)14-24-23-25-17(2)13-21(26-23)22(28)27-12-11-18-8-5-6-10-20(18)15-27/h3-10,13H,11-12,14-15H2,1-2H3,(H,24,25,26). The number of aromatic nitrogens is 2. The highest BCUT2D eigenvalue weighted by atomic mass is 16.2. The first kappa shape index (κ1) is 18.2. The summed E-state index contributed by atoms with van der Waals surface area (Å²) in [6, 6.07) is 18.3. The fourth-order valence-corrected chi connectivity index (χ4v) is 3.57. The molecule has 28 heavy (non-hydrogen) atoms. The molecule has 1 amide bonds. The zero-order valence-corrected chi connectivity index (χ0v) is 16.3. The van der Waals surface area contributed by atoms with Gasteiger partial charge in [-0.25, -0.2) is 9.97 Å². The highest BCUT2D eigenvalue weighted by Crippen LogP contribution is 2.20. The summed E-state index contributed by atoms with van der Waals surface area (Å²) in [7, 11) is 0. The Bertz CT molecular complexity index is 1010. The molecule has 2 heterocycles. The molecular formula is C23H24N4O. The third-order valence-corrected chi connectivity index (χ3v) is 5.19. The van der Waals surface area contributed by atoms with Crippen molar-refractivity contribution in [1.29, 1.82) is 0 Å². The number of benzene rings is 2. The van der Waals surface area contributed by atoms with Crippen LogP contribution in [0.4, 0.5) is 5.95 Å². The van der Waals surface area contributed by atoms with Crippen LogP contribution in [-0.4, -0.2) is 27.3 Å². The van der Waals surface area contributed by atoms with Crippen LogP contribution >= 0.6 is 0 Å². The molecule has 0 bridgehead atoms. The van der Waals surface area contributed by atoms with Crippen LogP contribution in [-0.2, 0) is 19.5 Å². The molecule has 0 atom stereocenters. The summed E-state index contributed by atoms with van der Waals surface area (Å²) >= 11 is 0. The second-order valence-electron chi connectivity index (χ2n) is 7.24. The van der Waals surface area contributed by atoms with E-state index in [0.29, 0.717) is 31.3 Å². The lowest BCUT2D eigenvalue weighted by Crippen LogP contribution is -2.36. The number of carbonyl (C=O) groups excluding carboxylic acids is 1. The lowest BCUT2D eigenvalue weighted by atomic mass is 10.00. The molecule has 1 aliphatic heterocycles. The van der Waals surface area contributed by atoms with Crippen molar-refractivity contribution in [3.63, 3.8) is 0 Å². The van der Waals surface area contributed by atoms with Crippen molar-refractivity contribution >= 4 is 11.9 Å². The van der Waals surface area contributed by atoms with Crippen molar-refractivity contribution in [3.05, 3.63) is 88.2 Å². The summed E-state index contributed by atoms with van der Waals surface area (Å²) in [5.74, 6) is 0.447. The minimum atomic E-state index is -0.0426. The SMILES string of the molecule is Cc1cc(C(=O)N2CCc3ccccc3C2)nc(NCc2ccccc2C)n1. The van der Waals surface area contributed by atoms with Crippen molar-refractivity contribution in [2.24, 2.45) is 0 Å². The average Bonchev–Trinajstić information content (AvgIpc) is 2.72. The lowest BCUT2D eigenvalue weighted by molar-refractivity contribution is 0.0728. The Morgan fingerprint density at radius 2 is 1.79 bits per heavy atom. The molecule has 1 aliphatic rings. The average molecular weight is 372 g/mol. The smallest absolute Gasteiger partial charge is 0.272 e. The molecule has 0 fully saturated rings. The van der Waals surface area contributed by atoms with Crippen LogP contribution in [0.3, 0.4) is 0 Å². The van der Waals surface area contributed by atoms with Gasteiger partial charge in [0.1, 0.15) is 5.69 Å². The molecule has 0 aliphatic carbocycles. The monoisotopic (exact) mass is 372 g/mol. The van der Waals surface area contributed by atoms with E-state index < -0.39 is 0 Å². The Morgan fingerprint density at radius 1 is 1.04 bits per heavy atom. The van der Waals surface area contributed by atoms with Gasteiger partial charge in [-0.3, -0.25) is 4.79 Å². The second kappa shape index (κ2) is 7.80. The highest BCUT2D eigenvalue weighted by Gasteiger charge is 2.23. The minimum Gasteiger partial charge on any atom is -0.350 e. The molecule has 0 unspecified atom stereocenters. The lowest BCUT2D eigenvalue weighted by Gasteiger charge is -2.28. The van der Waals surface area contributed by atoms with Gasteiger partial charge in [-0.2, -0.15) is 0 Å². The van der Waals surface area contributed by atoms with Crippen LogP contribution in [0.2, 0.25) is 0 Å². The number of rotatable bonds is 4. The fourth-order valence-electron chi connectivity index (χ4n) is 3.57. The maximum absolute atomic E-state index is 13.1. The van der Waals surface area contributed by atoms with E-state index in [9.17, 15) is 4.79 Å². The van der Waals surface area contributed by atoms with Crippen molar-refractivity contribution in [1.82, 2.24) is 14.9 Å². The predicted octanol–water partition coefficient (Wildman–Crippen LogP) is 3.90. The molecular weight excluding hydrogens is 348 g/mol. The van der Waals surface area contributed by atoms with Crippen LogP contribution in [0, 0.1) is 13.8 Å². The number of nitrogens with one attached hydrogen (secondary N) is 1. The third kappa shape index (κ3) is 3.88. The van der Waals surface area contributed by atoms with Crippen LogP contribution in [0.25, 0.3) is 0 Å². The van der Waals surface area contributed by atoms with E-state index >= 15 is 0 Å². The van der Waals surface area contributed by atoms with E-state index in [1.807, 2.05) is 30.0 Å². The van der Waals surface area contributed by atoms with E-state index in [1.165, 1.54) is 22.3 Å². The van der Waals surface area contributed by atoms with Crippen LogP contribution in [0.1, 0.15) is 38.4 Å². The van der Waals surface area contributed by atoms with E-state index in [4.69, 9.17) is 0 Å². The van der Waals surface area contributed by atoms with Gasteiger partial charge in [0.2, 0.25) is 5.95 Å². The Morgan fingerprint density at radius 3 is 2.61 bits per heavy atom. The number of hydrogen-bond donors (Lipinski definition) is 1. The van der Waals surface area contributed by atoms with Gasteiger partial charge in [0, 0.05) is 25.3 Å². The van der Waals surface area contributed by atoms with Crippen molar-refractivity contribution in [2.45, 2.75) is 33.4 Å². The molecule has 142 valence electrons. The van der Waals surface area contributed by atoms with Gasteiger partial charge in [0.05, 0.1) is 0 Å². The molecule has 0 saturated carbocycles. The predicted molar refractivity (Wildman–Crippen MR) is 110 cm³/mol. The van der Waals surface area contributed by atoms with Gasteiger partial charge in [-0.05, 0) is 48.6 Å². The molecule has 0 radical (unpaired) electrons. The van der Waals surface area contributed by atoms with Gasteiger partial charge in [0.25, 0.3) is 5.91 Å². The first-order valence-electron chi connectivity index (χ1n) is 9.60. The first-order chi connectivity index (χ1) is 13.6. The number of amides is 1. The Hall–Kier alpha value is -3.21. The Balaban J connectivity index is 1.50. The van der Waals surface area contributed by atoms with Crippen molar-refractivity contribution in [3.8, 4) is 0 Å². The second-order valence-corrected chi connectivity index (χ2v) is 7.24. The van der Waals surface area contributed by atoms with E-state index in [2.05, 4.69) is 52.5 Å². The zero-order chi connectivity index (χ0) is 19.5. The maximum Gasteiger partial charge on any atom is 0.272 e. The zero-order valence-electron chi connectivity index (χ0n) is 16.3. The number of aryl methyl sites for hydroxylation is 2. The molecule has 1 N–H and O–H groups in total. The topological polar surface area (TPSA) is 58.1 Å². The van der Waals surface area contributed by atoms with Crippen LogP contribution < -0.4 is 5.32 Å². The van der Waals surface area contributed by atoms with Crippen molar-refractivity contribution in [2.75, 3.05) is 11.9 Å². The fraction of sp³-hybridized carbons (Fsp3) is 0.261. The highest BCUT2D eigenvalue weighted by molar-refractivity contribution is 5.92. The molecule has 5 heteroatoms. The summed E-state index contributed by atoms with van der Waals surface area (Å²) in [5.41, 5.74) is 6.16. The molecule has 2 aromatic carbocycles. The van der Waals surface area contributed by atoms with Gasteiger partial charge < -0.3 is 10.2 Å². The summed E-state index contributed by atoms with van der Waals surface area (Å²) in [6.07, 6.45) is 0.879. The van der Waals surface area contributed by atoms with Gasteiger partial charge in [-0.1, -0.05) is 48.5 Å². The van der Waals surface area contributed by atoms with Gasteiger partial charge in [0.15, 0.2) is 0 Å². The summed E-state index contributed by atoms with van der Waals surface area (Å²) < 4.78 is 0. The molecule has 0 saturated heterocycles. The van der Waals surface area contributed by atoms with Gasteiger partial charge in [-0.15, -0.1) is 0 Å². The van der Waals surface area contributed by atoms with E-state index in [0.717, 1.165) is 12.1 Å². The third-order valence-electron chi connectivity index (χ3n) is 5.19. The summed E-state index contributed by atoms with van der Waals surface area (Å²) in [4.78, 5) is 23.9. The molecule has 3 aromatic rings. The molecule has 5 nitrogen and oxygen atoms in total. The minimum absolute atomic E-state index is 0.0426. The van der Waals surface area contributed by atoms with E-state index in [-0.39, 0.29) is 5.91 Å². The number of fused-ring (bicyclic) bond motifs is 1. The van der Waals surface area contributed by atoms with Crippen LogP contribution in [0.5, 0.6) is 0 Å². The Labute approximate surface area is 165 Å². The first-order valence-corrected chi connectivity index (χ1v) is 9.60. The van der Waals surface area contributed by atoms with Gasteiger partial charge >= 0.3 is 0 Å². The normalized spacial score (nSPS) is 13.1. The molecule has 0 spiro atoms. The maximum atomic E-state index is 13.1. The van der Waals surface area contributed by atoms with E-state index in [1.54, 1.807) is 6.07 Å². The number of carbonyl (C=O) groups is 1. The summed E-state index contributed by atoms with van der Waals surface area (Å²) in [5, 5.41) is 3.26. The number of anilines is 1. The Kier molecular flexibility index (Phi) is 5.06. The number of hydrogen-bond acceptors (Lipinski definition) is 4.